The van der Waals surface area contributed by atoms with Crippen molar-refractivity contribution in [3.05, 3.63) is 50.6 Å². The lowest BCUT2D eigenvalue weighted by atomic mass is 10.2. The normalized spacial score (nSPS) is 17.0. The van der Waals surface area contributed by atoms with Crippen molar-refractivity contribution in [1.29, 1.82) is 0 Å². The Labute approximate surface area is 159 Å². The Bertz CT molecular complexity index is 1080. The molecule has 1 aliphatic rings. The molecule has 1 saturated heterocycles. The van der Waals surface area contributed by atoms with E-state index in [4.69, 9.17) is 9.72 Å². The van der Waals surface area contributed by atoms with Crippen molar-refractivity contribution in [2.24, 2.45) is 0 Å². The first kappa shape index (κ1) is 17.3. The van der Waals surface area contributed by atoms with Gasteiger partial charge in [0.05, 0.1) is 17.7 Å². The van der Waals surface area contributed by atoms with E-state index in [9.17, 15) is 9.59 Å². The predicted molar refractivity (Wildman–Crippen MR) is 105 cm³/mol. The lowest BCUT2D eigenvalue weighted by Crippen LogP contribution is -2.23. The quantitative estimate of drug-likeness (QED) is 0.506. The fourth-order valence-electron chi connectivity index (χ4n) is 3.06. The zero-order valence-electron chi connectivity index (χ0n) is 14.7. The molecule has 134 valence electrons. The fourth-order valence-corrected chi connectivity index (χ4v) is 5.21. The highest BCUT2D eigenvalue weighted by molar-refractivity contribution is 8.00. The van der Waals surface area contributed by atoms with Gasteiger partial charge in [0, 0.05) is 11.3 Å². The maximum atomic E-state index is 13.4. The van der Waals surface area contributed by atoms with Crippen LogP contribution in [0.3, 0.4) is 0 Å². The number of thiophene rings is 1. The third-order valence-electron chi connectivity index (χ3n) is 4.57. The molecular formula is C19H18N2O3S2. The number of fused-ring (bicyclic) bond motifs is 1. The average Bonchev–Trinajstić information content (AvgIpc) is 3.11. The highest BCUT2D eigenvalue weighted by Gasteiger charge is 2.30. The number of carbonyl (C=O) groups excluding carboxylic acids is 1. The maximum Gasteiger partial charge on any atom is 0.319 e. The molecule has 3 aromatic rings. The first-order valence-electron chi connectivity index (χ1n) is 8.39. The molecule has 1 aliphatic heterocycles. The molecule has 5 nitrogen and oxygen atoms in total. The SMILES string of the molecule is Cc1cccc(-n2c(SC3CCOC3=O)nc3sc(C)c(C)c3c2=O)c1. The van der Waals surface area contributed by atoms with E-state index in [2.05, 4.69) is 0 Å². The molecular weight excluding hydrogens is 368 g/mol. The summed E-state index contributed by atoms with van der Waals surface area (Å²) in [5.41, 5.74) is 2.71. The minimum absolute atomic E-state index is 0.0867. The standard InChI is InChI=1S/C19H18N2O3S2/c1-10-5-4-6-13(9-10)21-17(22)15-11(2)12(3)25-16(15)20-19(21)26-14-7-8-24-18(14)23/h4-6,9,14H,7-8H2,1-3H3. The number of hydrogen-bond acceptors (Lipinski definition) is 6. The van der Waals surface area contributed by atoms with Gasteiger partial charge in [0.1, 0.15) is 10.1 Å². The van der Waals surface area contributed by atoms with Gasteiger partial charge in [-0.25, -0.2) is 4.98 Å². The topological polar surface area (TPSA) is 61.2 Å². The number of aryl methyl sites for hydroxylation is 3. The Morgan fingerprint density at radius 3 is 2.77 bits per heavy atom. The zero-order chi connectivity index (χ0) is 18.4. The van der Waals surface area contributed by atoms with Crippen LogP contribution in [0.15, 0.2) is 34.2 Å². The van der Waals surface area contributed by atoms with Crippen molar-refractivity contribution in [2.45, 2.75) is 37.6 Å². The number of hydrogen-bond donors (Lipinski definition) is 0. The molecule has 1 unspecified atom stereocenters. The van der Waals surface area contributed by atoms with E-state index in [1.807, 2.05) is 45.0 Å². The van der Waals surface area contributed by atoms with Crippen molar-refractivity contribution in [3.8, 4) is 5.69 Å². The van der Waals surface area contributed by atoms with Crippen LogP contribution in [0.2, 0.25) is 0 Å². The number of thioether (sulfide) groups is 1. The summed E-state index contributed by atoms with van der Waals surface area (Å²) in [7, 11) is 0. The van der Waals surface area contributed by atoms with E-state index < -0.39 is 0 Å². The molecule has 0 aliphatic carbocycles. The summed E-state index contributed by atoms with van der Waals surface area (Å²) in [6.45, 7) is 6.37. The van der Waals surface area contributed by atoms with Gasteiger partial charge in [0.25, 0.3) is 5.56 Å². The van der Waals surface area contributed by atoms with Gasteiger partial charge >= 0.3 is 5.97 Å². The Morgan fingerprint density at radius 2 is 2.08 bits per heavy atom. The molecule has 0 amide bonds. The zero-order valence-corrected chi connectivity index (χ0v) is 16.4. The van der Waals surface area contributed by atoms with Crippen LogP contribution in [0.4, 0.5) is 0 Å². The summed E-state index contributed by atoms with van der Waals surface area (Å²) >= 11 is 2.83. The molecule has 1 atom stereocenters. The van der Waals surface area contributed by atoms with E-state index in [1.165, 1.54) is 23.1 Å². The van der Waals surface area contributed by atoms with Gasteiger partial charge in [-0.15, -0.1) is 11.3 Å². The number of ether oxygens (including phenoxy) is 1. The summed E-state index contributed by atoms with van der Waals surface area (Å²) in [5, 5.41) is 0.878. The van der Waals surface area contributed by atoms with Crippen molar-refractivity contribution in [3.63, 3.8) is 0 Å². The van der Waals surface area contributed by atoms with E-state index in [0.29, 0.717) is 23.6 Å². The number of carbonyl (C=O) groups is 1. The molecule has 1 aromatic carbocycles. The molecule has 0 spiro atoms. The summed E-state index contributed by atoms with van der Waals surface area (Å²) < 4.78 is 6.70. The number of cyclic esters (lactones) is 1. The predicted octanol–water partition coefficient (Wildman–Crippen LogP) is 3.78. The first-order chi connectivity index (χ1) is 12.5. The van der Waals surface area contributed by atoms with Crippen LogP contribution in [-0.4, -0.2) is 27.4 Å². The Balaban J connectivity index is 1.97. The minimum atomic E-state index is -0.322. The van der Waals surface area contributed by atoms with E-state index in [0.717, 1.165) is 26.5 Å². The van der Waals surface area contributed by atoms with Crippen LogP contribution < -0.4 is 5.56 Å². The second kappa shape index (κ2) is 6.55. The molecule has 4 rings (SSSR count). The number of aromatic nitrogens is 2. The molecule has 7 heteroatoms. The van der Waals surface area contributed by atoms with Crippen LogP contribution in [-0.2, 0) is 9.53 Å². The third kappa shape index (κ3) is 2.85. The molecule has 0 saturated carbocycles. The van der Waals surface area contributed by atoms with Gasteiger partial charge in [-0.05, 0) is 44.0 Å². The van der Waals surface area contributed by atoms with Crippen molar-refractivity contribution < 1.29 is 9.53 Å². The first-order valence-corrected chi connectivity index (χ1v) is 10.1. The number of esters is 1. The lowest BCUT2D eigenvalue weighted by Gasteiger charge is -2.14. The van der Waals surface area contributed by atoms with Crippen LogP contribution in [0.25, 0.3) is 15.9 Å². The highest BCUT2D eigenvalue weighted by atomic mass is 32.2. The second-order valence-electron chi connectivity index (χ2n) is 6.40. The van der Waals surface area contributed by atoms with Crippen molar-refractivity contribution in [1.82, 2.24) is 9.55 Å². The lowest BCUT2D eigenvalue weighted by molar-refractivity contribution is -0.137. The molecule has 0 radical (unpaired) electrons. The molecule has 0 N–H and O–H groups in total. The molecule has 3 heterocycles. The van der Waals surface area contributed by atoms with Gasteiger partial charge in [-0.1, -0.05) is 23.9 Å². The van der Waals surface area contributed by atoms with Crippen molar-refractivity contribution >= 4 is 39.3 Å². The second-order valence-corrected chi connectivity index (χ2v) is 8.77. The van der Waals surface area contributed by atoms with Crippen LogP contribution in [0.5, 0.6) is 0 Å². The number of benzene rings is 1. The minimum Gasteiger partial charge on any atom is -0.465 e. The van der Waals surface area contributed by atoms with E-state index in [-0.39, 0.29) is 16.8 Å². The average molecular weight is 386 g/mol. The molecule has 2 aromatic heterocycles. The van der Waals surface area contributed by atoms with Crippen LogP contribution in [0.1, 0.15) is 22.4 Å². The molecule has 26 heavy (non-hydrogen) atoms. The maximum absolute atomic E-state index is 13.4. The smallest absolute Gasteiger partial charge is 0.319 e. The van der Waals surface area contributed by atoms with Gasteiger partial charge in [-0.3, -0.25) is 14.2 Å². The largest absolute Gasteiger partial charge is 0.465 e. The van der Waals surface area contributed by atoms with Crippen LogP contribution >= 0.6 is 23.1 Å². The third-order valence-corrected chi connectivity index (χ3v) is 6.87. The summed E-state index contributed by atoms with van der Waals surface area (Å²) in [5.74, 6) is -0.237. The number of nitrogens with zero attached hydrogens (tertiary/aromatic N) is 2. The van der Waals surface area contributed by atoms with Gasteiger partial charge in [0.15, 0.2) is 5.16 Å². The van der Waals surface area contributed by atoms with Gasteiger partial charge in [-0.2, -0.15) is 0 Å². The van der Waals surface area contributed by atoms with E-state index >= 15 is 0 Å². The highest BCUT2D eigenvalue weighted by Crippen LogP contribution is 2.33. The fraction of sp³-hybridized carbons (Fsp3) is 0.316. The Hall–Kier alpha value is -2.12. The molecule has 0 bridgehead atoms. The Kier molecular flexibility index (Phi) is 4.36. The van der Waals surface area contributed by atoms with E-state index in [1.54, 1.807) is 4.57 Å². The Morgan fingerprint density at radius 1 is 1.27 bits per heavy atom. The summed E-state index contributed by atoms with van der Waals surface area (Å²) in [4.78, 5) is 31.9. The van der Waals surface area contributed by atoms with Crippen LogP contribution in [0, 0.1) is 20.8 Å². The van der Waals surface area contributed by atoms with Crippen molar-refractivity contribution in [2.75, 3.05) is 6.61 Å². The summed E-state index contributed by atoms with van der Waals surface area (Å²) in [6.07, 6.45) is 0.633. The van der Waals surface area contributed by atoms with Gasteiger partial charge < -0.3 is 4.74 Å². The number of rotatable bonds is 3. The monoisotopic (exact) mass is 386 g/mol. The summed E-state index contributed by atoms with van der Waals surface area (Å²) in [6, 6.07) is 7.76. The molecule has 1 fully saturated rings. The van der Waals surface area contributed by atoms with Gasteiger partial charge in [0.2, 0.25) is 0 Å².